The van der Waals surface area contributed by atoms with Crippen molar-refractivity contribution in [1.29, 1.82) is 0 Å². The number of hydrogen-bond donors (Lipinski definition) is 0. The molecule has 2 aliphatic carbocycles. The van der Waals surface area contributed by atoms with Gasteiger partial charge in [-0.15, -0.1) is 0 Å². The van der Waals surface area contributed by atoms with Crippen LogP contribution in [0, 0.1) is 0 Å². The first-order valence-corrected chi connectivity index (χ1v) is 18.6. The minimum absolute atomic E-state index is 0.0926. The summed E-state index contributed by atoms with van der Waals surface area (Å²) in [5.41, 5.74) is 18.5. The van der Waals surface area contributed by atoms with Crippen LogP contribution < -0.4 is 4.90 Å². The minimum Gasteiger partial charge on any atom is -0.310 e. The van der Waals surface area contributed by atoms with Crippen molar-refractivity contribution in [2.45, 2.75) is 24.7 Å². The fourth-order valence-corrected chi connectivity index (χ4v) is 9.41. The number of rotatable bonds is 6. The van der Waals surface area contributed by atoms with E-state index in [0.29, 0.717) is 0 Å². The second-order valence-electron chi connectivity index (χ2n) is 14.9. The van der Waals surface area contributed by atoms with Gasteiger partial charge in [0, 0.05) is 22.5 Å². The van der Waals surface area contributed by atoms with Crippen molar-refractivity contribution in [2.24, 2.45) is 0 Å². The molecule has 0 amide bonds. The van der Waals surface area contributed by atoms with Gasteiger partial charge in [0.15, 0.2) is 0 Å². The van der Waals surface area contributed by atoms with Crippen molar-refractivity contribution in [3.63, 3.8) is 0 Å². The number of anilines is 3. The third-order valence-electron chi connectivity index (χ3n) is 11.7. The first kappa shape index (κ1) is 31.3. The zero-order valence-electron chi connectivity index (χ0n) is 30.0. The molecule has 0 aliphatic heterocycles. The van der Waals surface area contributed by atoms with Crippen LogP contribution in [0.2, 0.25) is 0 Å². The van der Waals surface area contributed by atoms with E-state index in [-0.39, 0.29) is 5.41 Å². The highest BCUT2D eigenvalue weighted by Gasteiger charge is 2.47. The molecule has 1 nitrogen and oxygen atoms in total. The lowest BCUT2D eigenvalue weighted by Crippen LogP contribution is -2.29. The Kier molecular flexibility index (Phi) is 7.13. The Labute approximate surface area is 312 Å². The molecular formula is C52H39N. The fraction of sp³-hybridized carbons (Fsp3) is 0.0769. The summed E-state index contributed by atoms with van der Waals surface area (Å²) in [5.74, 6) is 0. The summed E-state index contributed by atoms with van der Waals surface area (Å²) in [6.07, 6.45) is 0. The highest BCUT2D eigenvalue weighted by atomic mass is 15.1. The predicted octanol–water partition coefficient (Wildman–Crippen LogP) is 13.5. The summed E-state index contributed by atoms with van der Waals surface area (Å²) in [5, 5.41) is 0. The van der Waals surface area contributed by atoms with Gasteiger partial charge in [-0.2, -0.15) is 0 Å². The van der Waals surface area contributed by atoms with E-state index >= 15 is 0 Å². The van der Waals surface area contributed by atoms with Crippen LogP contribution in [-0.2, 0) is 10.8 Å². The number of benzene rings is 8. The van der Waals surface area contributed by atoms with Crippen molar-refractivity contribution >= 4 is 17.1 Å². The van der Waals surface area contributed by atoms with E-state index in [2.05, 4.69) is 219 Å². The number of nitrogens with zero attached hydrogens (tertiary/aromatic N) is 1. The van der Waals surface area contributed by atoms with Gasteiger partial charge in [0.25, 0.3) is 0 Å². The maximum atomic E-state index is 2.42. The molecule has 8 aromatic rings. The van der Waals surface area contributed by atoms with Crippen LogP contribution in [0.25, 0.3) is 33.4 Å². The van der Waals surface area contributed by atoms with Crippen molar-refractivity contribution in [2.75, 3.05) is 4.90 Å². The van der Waals surface area contributed by atoms with Crippen LogP contribution in [0.4, 0.5) is 17.1 Å². The highest BCUT2D eigenvalue weighted by Crippen LogP contribution is 2.58. The third kappa shape index (κ3) is 4.64. The topological polar surface area (TPSA) is 3.24 Å². The molecule has 0 radical (unpaired) electrons. The Bertz CT molecular complexity index is 2600. The van der Waals surface area contributed by atoms with Crippen molar-refractivity contribution < 1.29 is 0 Å². The monoisotopic (exact) mass is 677 g/mol. The van der Waals surface area contributed by atoms with E-state index in [1.165, 1.54) is 66.8 Å². The first-order valence-electron chi connectivity index (χ1n) is 18.6. The largest absolute Gasteiger partial charge is 0.310 e. The lowest BCUT2D eigenvalue weighted by atomic mass is 9.66. The molecule has 10 rings (SSSR count). The fourth-order valence-electron chi connectivity index (χ4n) is 9.41. The third-order valence-corrected chi connectivity index (χ3v) is 11.7. The zero-order valence-corrected chi connectivity index (χ0v) is 30.0. The normalized spacial score (nSPS) is 14.2. The Morgan fingerprint density at radius 2 is 0.774 bits per heavy atom. The molecule has 0 atom stereocenters. The van der Waals surface area contributed by atoms with E-state index in [0.717, 1.165) is 17.1 Å². The predicted molar refractivity (Wildman–Crippen MR) is 221 cm³/mol. The standard InChI is InChI=1S/C52H39N/c1-51(2)46-28-13-10-25-42(46)45-33-32-40(35-50(45)51)53(38-21-7-4-8-22-38)39-23-17-18-36(34-39)41-24-9-14-29-47(41)52(37-19-5-3-6-20-37)48-30-15-11-26-43(48)44-27-12-16-31-49(44)52/h3-35H,1-2H3. The molecule has 0 bridgehead atoms. The minimum atomic E-state index is -0.485. The summed E-state index contributed by atoms with van der Waals surface area (Å²) in [6, 6.07) is 73.9. The molecular weight excluding hydrogens is 639 g/mol. The average Bonchev–Trinajstić information content (AvgIpc) is 3.65. The molecule has 0 saturated heterocycles. The maximum absolute atomic E-state index is 2.42. The molecule has 2 aliphatic rings. The first-order chi connectivity index (χ1) is 26.1. The van der Waals surface area contributed by atoms with Gasteiger partial charge < -0.3 is 4.90 Å². The van der Waals surface area contributed by atoms with Crippen LogP contribution in [0.3, 0.4) is 0 Å². The van der Waals surface area contributed by atoms with Gasteiger partial charge in [-0.25, -0.2) is 0 Å². The molecule has 1 heteroatoms. The summed E-state index contributed by atoms with van der Waals surface area (Å²) in [6.45, 7) is 4.71. The molecule has 0 fully saturated rings. The molecule has 8 aromatic carbocycles. The zero-order chi connectivity index (χ0) is 35.6. The van der Waals surface area contributed by atoms with Crippen LogP contribution >= 0.6 is 0 Å². The van der Waals surface area contributed by atoms with E-state index in [9.17, 15) is 0 Å². The molecule has 0 spiro atoms. The van der Waals surface area contributed by atoms with E-state index in [1.54, 1.807) is 0 Å². The highest BCUT2D eigenvalue weighted by molar-refractivity contribution is 5.90. The smallest absolute Gasteiger partial charge is 0.0719 e. The second kappa shape index (κ2) is 12.1. The number of hydrogen-bond acceptors (Lipinski definition) is 1. The van der Waals surface area contributed by atoms with Crippen molar-refractivity contribution in [3.8, 4) is 33.4 Å². The molecule has 0 unspecified atom stereocenters. The van der Waals surface area contributed by atoms with Crippen LogP contribution in [0.5, 0.6) is 0 Å². The lowest BCUT2D eigenvalue weighted by Gasteiger charge is -2.35. The van der Waals surface area contributed by atoms with Crippen LogP contribution in [0.15, 0.2) is 200 Å². The van der Waals surface area contributed by atoms with Gasteiger partial charge >= 0.3 is 0 Å². The van der Waals surface area contributed by atoms with Crippen LogP contribution in [0.1, 0.15) is 47.2 Å². The van der Waals surface area contributed by atoms with Gasteiger partial charge in [0.05, 0.1) is 5.41 Å². The quantitative estimate of drug-likeness (QED) is 0.169. The summed E-state index contributed by atoms with van der Waals surface area (Å²) >= 11 is 0. The van der Waals surface area contributed by atoms with Gasteiger partial charge in [-0.05, 0) is 103 Å². The average molecular weight is 678 g/mol. The number of fused-ring (bicyclic) bond motifs is 6. The molecule has 0 saturated carbocycles. The second-order valence-corrected chi connectivity index (χ2v) is 14.9. The van der Waals surface area contributed by atoms with Gasteiger partial charge in [0.1, 0.15) is 0 Å². The Morgan fingerprint density at radius 1 is 0.321 bits per heavy atom. The Morgan fingerprint density at radius 3 is 1.42 bits per heavy atom. The van der Waals surface area contributed by atoms with Gasteiger partial charge in [0.2, 0.25) is 0 Å². The maximum Gasteiger partial charge on any atom is 0.0719 e. The molecule has 0 aromatic heterocycles. The molecule has 252 valence electrons. The van der Waals surface area contributed by atoms with E-state index < -0.39 is 5.41 Å². The molecule has 0 N–H and O–H groups in total. The van der Waals surface area contributed by atoms with E-state index in [1.807, 2.05) is 0 Å². The molecule has 53 heavy (non-hydrogen) atoms. The summed E-state index contributed by atoms with van der Waals surface area (Å²) < 4.78 is 0. The van der Waals surface area contributed by atoms with Gasteiger partial charge in [-0.1, -0.05) is 178 Å². The van der Waals surface area contributed by atoms with Crippen molar-refractivity contribution in [1.82, 2.24) is 0 Å². The lowest BCUT2D eigenvalue weighted by molar-refractivity contribution is 0.660. The SMILES string of the molecule is CC1(C)c2ccccc2-c2ccc(N(c3ccccc3)c3cccc(-c4ccccc4C4(c5ccccc5)c5ccccc5-c5ccccc54)c3)cc21. The summed E-state index contributed by atoms with van der Waals surface area (Å²) in [4.78, 5) is 2.42. The Hall–Kier alpha value is -6.44. The summed E-state index contributed by atoms with van der Waals surface area (Å²) in [7, 11) is 0. The number of para-hydroxylation sites is 1. The van der Waals surface area contributed by atoms with Crippen molar-refractivity contribution in [3.05, 3.63) is 234 Å². The van der Waals surface area contributed by atoms with Crippen LogP contribution in [-0.4, -0.2) is 0 Å². The molecule has 0 heterocycles. The van der Waals surface area contributed by atoms with E-state index in [4.69, 9.17) is 0 Å². The Balaban J connectivity index is 1.18. The van der Waals surface area contributed by atoms with Gasteiger partial charge in [-0.3, -0.25) is 0 Å².